The topological polar surface area (TPSA) is 76.5 Å². The van der Waals surface area contributed by atoms with Gasteiger partial charge >= 0.3 is 0 Å². The van der Waals surface area contributed by atoms with Crippen LogP contribution in [-0.4, -0.2) is 53.2 Å². The van der Waals surface area contributed by atoms with Crippen molar-refractivity contribution in [1.82, 2.24) is 19.8 Å². The molecule has 4 rings (SSSR count). The Bertz CT molecular complexity index is 1070. The number of benzene rings is 2. The van der Waals surface area contributed by atoms with E-state index in [0.29, 0.717) is 11.0 Å². The van der Waals surface area contributed by atoms with Crippen LogP contribution in [0.2, 0.25) is 0 Å². The number of hydrogen-bond acceptors (Lipinski definition) is 5. The fraction of sp³-hybridized carbons (Fsp3) is 0.348. The molecular formula is C23H26N4O3. The highest BCUT2D eigenvalue weighted by Gasteiger charge is 2.22. The number of carbonyl (C=O) groups excluding carboxylic acids is 1. The summed E-state index contributed by atoms with van der Waals surface area (Å²) in [5.74, 6) is -0.447. The lowest BCUT2D eigenvalue weighted by molar-refractivity contribution is 0.0360. The van der Waals surface area contributed by atoms with Gasteiger partial charge in [-0.3, -0.25) is 14.5 Å². The van der Waals surface area contributed by atoms with Gasteiger partial charge in [-0.15, -0.1) is 0 Å². The van der Waals surface area contributed by atoms with Gasteiger partial charge in [-0.25, -0.2) is 4.98 Å². The van der Waals surface area contributed by atoms with Gasteiger partial charge < -0.3 is 14.6 Å². The van der Waals surface area contributed by atoms with Crippen molar-refractivity contribution >= 4 is 16.9 Å². The maximum atomic E-state index is 13.1. The van der Waals surface area contributed by atoms with Crippen LogP contribution in [0.15, 0.2) is 59.4 Å². The number of amides is 1. The van der Waals surface area contributed by atoms with Gasteiger partial charge in [-0.2, -0.15) is 0 Å². The molecule has 1 N–H and O–H groups in total. The van der Waals surface area contributed by atoms with E-state index < -0.39 is 11.5 Å². The smallest absolute Gasteiger partial charge is 0.282 e. The third-order valence-electron chi connectivity index (χ3n) is 5.54. The van der Waals surface area contributed by atoms with Crippen LogP contribution in [0.4, 0.5) is 0 Å². The van der Waals surface area contributed by atoms with Crippen molar-refractivity contribution in [3.8, 4) is 0 Å². The summed E-state index contributed by atoms with van der Waals surface area (Å²) >= 11 is 0. The molecule has 1 aliphatic rings. The first-order chi connectivity index (χ1) is 14.6. The first-order valence-electron chi connectivity index (χ1n) is 10.2. The Balaban J connectivity index is 1.57. The maximum absolute atomic E-state index is 13.1. The second-order valence-corrected chi connectivity index (χ2v) is 7.49. The molecule has 0 spiro atoms. The van der Waals surface area contributed by atoms with E-state index in [4.69, 9.17) is 4.74 Å². The number of carbonyl (C=O) groups is 1. The number of ether oxygens (including phenoxy) is 1. The molecule has 7 nitrogen and oxygen atoms in total. The summed E-state index contributed by atoms with van der Waals surface area (Å²) in [5, 5.41) is 3.05. The van der Waals surface area contributed by atoms with Crippen molar-refractivity contribution in [3.05, 3.63) is 76.2 Å². The second kappa shape index (κ2) is 9.19. The van der Waals surface area contributed by atoms with E-state index in [1.165, 1.54) is 4.57 Å². The molecule has 7 heteroatoms. The fourth-order valence-corrected chi connectivity index (χ4v) is 3.80. The summed E-state index contributed by atoms with van der Waals surface area (Å²) in [6.45, 7) is 4.09. The van der Waals surface area contributed by atoms with Crippen molar-refractivity contribution in [2.45, 2.75) is 12.5 Å². The number of nitrogens with one attached hydrogen (secondary N) is 1. The molecule has 1 aliphatic heterocycles. The maximum Gasteiger partial charge on any atom is 0.282 e. The first-order valence-corrected chi connectivity index (χ1v) is 10.2. The number of nitrogens with zero attached hydrogens (tertiary/aromatic N) is 3. The molecule has 0 saturated carbocycles. The van der Waals surface area contributed by atoms with Crippen LogP contribution in [-0.2, 0) is 11.8 Å². The minimum Gasteiger partial charge on any atom is -0.379 e. The van der Waals surface area contributed by atoms with Crippen LogP contribution in [0, 0.1) is 0 Å². The molecule has 2 aromatic carbocycles. The van der Waals surface area contributed by atoms with E-state index in [2.05, 4.69) is 15.2 Å². The van der Waals surface area contributed by atoms with Gasteiger partial charge in [0.15, 0.2) is 5.69 Å². The molecule has 2 heterocycles. The number of rotatable bonds is 6. The molecule has 1 unspecified atom stereocenters. The van der Waals surface area contributed by atoms with Gasteiger partial charge in [0.1, 0.15) is 0 Å². The molecule has 1 amide bonds. The van der Waals surface area contributed by atoms with Gasteiger partial charge in [0.2, 0.25) is 0 Å². The summed E-state index contributed by atoms with van der Waals surface area (Å²) in [7, 11) is 1.66. The predicted octanol–water partition coefficient (Wildman–Crippen LogP) is 2.13. The normalized spacial score (nSPS) is 15.8. The van der Waals surface area contributed by atoms with Crippen LogP contribution in [0.5, 0.6) is 0 Å². The molecule has 0 radical (unpaired) electrons. The highest BCUT2D eigenvalue weighted by atomic mass is 16.5. The van der Waals surface area contributed by atoms with Crippen molar-refractivity contribution in [2.24, 2.45) is 7.05 Å². The second-order valence-electron chi connectivity index (χ2n) is 7.49. The van der Waals surface area contributed by atoms with Crippen LogP contribution in [0.1, 0.15) is 28.5 Å². The highest BCUT2D eigenvalue weighted by Crippen LogP contribution is 2.18. The SMILES string of the molecule is Cn1c(=O)c(C(=O)NC(CCN2CCOCC2)c2ccccc2)nc2ccccc21. The molecule has 0 aliphatic carbocycles. The molecular weight excluding hydrogens is 380 g/mol. The zero-order valence-electron chi connectivity index (χ0n) is 17.1. The van der Waals surface area contributed by atoms with Crippen molar-refractivity contribution < 1.29 is 9.53 Å². The molecule has 156 valence electrons. The lowest BCUT2D eigenvalue weighted by Crippen LogP contribution is -2.40. The Hall–Kier alpha value is -3.03. The molecule has 30 heavy (non-hydrogen) atoms. The third-order valence-corrected chi connectivity index (χ3v) is 5.54. The number of fused-ring (bicyclic) bond motifs is 1. The number of aromatic nitrogens is 2. The van der Waals surface area contributed by atoms with Crippen LogP contribution >= 0.6 is 0 Å². The monoisotopic (exact) mass is 406 g/mol. The van der Waals surface area contributed by atoms with Gasteiger partial charge in [0, 0.05) is 26.7 Å². The van der Waals surface area contributed by atoms with E-state index >= 15 is 0 Å². The highest BCUT2D eigenvalue weighted by molar-refractivity contribution is 5.94. The average molecular weight is 406 g/mol. The largest absolute Gasteiger partial charge is 0.379 e. The summed E-state index contributed by atoms with van der Waals surface area (Å²) in [4.78, 5) is 32.5. The number of para-hydroxylation sites is 2. The lowest BCUT2D eigenvalue weighted by atomic mass is 10.0. The third kappa shape index (κ3) is 4.42. The Morgan fingerprint density at radius 2 is 1.80 bits per heavy atom. The predicted molar refractivity (Wildman–Crippen MR) is 116 cm³/mol. The van der Waals surface area contributed by atoms with E-state index in [1.54, 1.807) is 13.1 Å². The van der Waals surface area contributed by atoms with Crippen LogP contribution < -0.4 is 10.9 Å². The molecule has 0 bridgehead atoms. The Kier molecular flexibility index (Phi) is 6.21. The first kappa shape index (κ1) is 20.3. The van der Waals surface area contributed by atoms with E-state index in [-0.39, 0.29) is 11.7 Å². The van der Waals surface area contributed by atoms with Crippen molar-refractivity contribution in [3.63, 3.8) is 0 Å². The summed E-state index contributed by atoms with van der Waals surface area (Å²) < 4.78 is 6.89. The van der Waals surface area contributed by atoms with Crippen LogP contribution in [0.25, 0.3) is 11.0 Å². The van der Waals surface area contributed by atoms with Crippen molar-refractivity contribution in [1.29, 1.82) is 0 Å². The number of hydrogen-bond donors (Lipinski definition) is 1. The Labute approximate surface area is 175 Å². The van der Waals surface area contributed by atoms with Crippen molar-refractivity contribution in [2.75, 3.05) is 32.8 Å². The fourth-order valence-electron chi connectivity index (χ4n) is 3.80. The average Bonchev–Trinajstić information content (AvgIpc) is 2.80. The van der Waals surface area contributed by atoms with Gasteiger partial charge in [0.25, 0.3) is 11.5 Å². The molecule has 1 atom stereocenters. The molecule has 1 aromatic heterocycles. The summed E-state index contributed by atoms with van der Waals surface area (Å²) in [6.07, 6.45) is 0.740. The Morgan fingerprint density at radius 3 is 2.57 bits per heavy atom. The molecule has 3 aromatic rings. The standard InChI is InChI=1S/C23H26N4O3/c1-26-20-10-6-5-9-19(20)24-21(23(26)29)22(28)25-18(17-7-3-2-4-8-17)11-12-27-13-15-30-16-14-27/h2-10,18H,11-16H2,1H3,(H,25,28). The van der Waals surface area contributed by atoms with Crippen LogP contribution in [0.3, 0.4) is 0 Å². The minimum atomic E-state index is -0.447. The zero-order valence-corrected chi connectivity index (χ0v) is 17.1. The van der Waals surface area contributed by atoms with E-state index in [1.807, 2.05) is 48.5 Å². The zero-order chi connectivity index (χ0) is 20.9. The quantitative estimate of drug-likeness (QED) is 0.679. The van der Waals surface area contributed by atoms with Gasteiger partial charge in [0.05, 0.1) is 30.3 Å². The lowest BCUT2D eigenvalue weighted by Gasteiger charge is -2.28. The number of morpholine rings is 1. The molecule has 1 saturated heterocycles. The van der Waals surface area contributed by atoms with Gasteiger partial charge in [-0.05, 0) is 24.1 Å². The van der Waals surface area contributed by atoms with E-state index in [9.17, 15) is 9.59 Å². The Morgan fingerprint density at radius 1 is 1.10 bits per heavy atom. The van der Waals surface area contributed by atoms with E-state index in [0.717, 1.165) is 44.8 Å². The van der Waals surface area contributed by atoms with Gasteiger partial charge in [-0.1, -0.05) is 42.5 Å². The molecule has 1 fully saturated rings. The summed E-state index contributed by atoms with van der Waals surface area (Å²) in [5.41, 5.74) is 1.85. The minimum absolute atomic E-state index is 0.0801. The summed E-state index contributed by atoms with van der Waals surface area (Å²) in [6, 6.07) is 17.0. The number of aryl methyl sites for hydroxylation is 1.